The summed E-state index contributed by atoms with van der Waals surface area (Å²) in [5.41, 5.74) is 4.71. The highest BCUT2D eigenvalue weighted by atomic mass is 32.2. The average molecular weight is 428 g/mol. The molecule has 4 nitrogen and oxygen atoms in total. The summed E-state index contributed by atoms with van der Waals surface area (Å²) in [5, 5.41) is 2.06. The van der Waals surface area contributed by atoms with Crippen LogP contribution in [0.3, 0.4) is 0 Å². The zero-order chi connectivity index (χ0) is 20.8. The van der Waals surface area contributed by atoms with Crippen LogP contribution in [-0.2, 0) is 16.4 Å². The Kier molecular flexibility index (Phi) is 5.27. The van der Waals surface area contributed by atoms with Crippen molar-refractivity contribution in [2.45, 2.75) is 38.1 Å². The lowest BCUT2D eigenvalue weighted by Gasteiger charge is -2.36. The predicted octanol–water partition coefficient (Wildman–Crippen LogP) is 5.02. The summed E-state index contributed by atoms with van der Waals surface area (Å²) in [6.07, 6.45) is 0.739. The van der Waals surface area contributed by atoms with Crippen molar-refractivity contribution >= 4 is 21.4 Å². The third kappa shape index (κ3) is 3.50. The molecule has 0 saturated carbocycles. The topological polar surface area (TPSA) is 46.6 Å². The summed E-state index contributed by atoms with van der Waals surface area (Å²) >= 11 is 1.70. The monoisotopic (exact) mass is 427 g/mol. The van der Waals surface area contributed by atoms with Gasteiger partial charge in [0.15, 0.2) is 0 Å². The second kappa shape index (κ2) is 7.59. The number of aryl methyl sites for hydroxylation is 3. The Labute approximate surface area is 176 Å². The van der Waals surface area contributed by atoms with Crippen LogP contribution in [0, 0.1) is 20.8 Å². The molecule has 1 aliphatic rings. The minimum atomic E-state index is -3.67. The molecule has 4 rings (SSSR count). The van der Waals surface area contributed by atoms with Gasteiger partial charge in [0.2, 0.25) is 10.0 Å². The number of hydrogen-bond donors (Lipinski definition) is 0. The molecular weight excluding hydrogens is 402 g/mol. The van der Waals surface area contributed by atoms with Gasteiger partial charge >= 0.3 is 0 Å². The van der Waals surface area contributed by atoms with Gasteiger partial charge in [-0.05, 0) is 73.0 Å². The molecule has 1 aromatic heterocycles. The molecule has 0 bridgehead atoms. The highest BCUT2D eigenvalue weighted by Crippen LogP contribution is 2.42. The molecule has 0 fully saturated rings. The van der Waals surface area contributed by atoms with Crippen molar-refractivity contribution in [1.29, 1.82) is 0 Å². The van der Waals surface area contributed by atoms with Crippen LogP contribution >= 0.6 is 11.3 Å². The van der Waals surface area contributed by atoms with Crippen molar-refractivity contribution in [3.63, 3.8) is 0 Å². The first-order valence-electron chi connectivity index (χ1n) is 9.63. The van der Waals surface area contributed by atoms with Gasteiger partial charge in [-0.3, -0.25) is 0 Å². The predicted molar refractivity (Wildman–Crippen MR) is 117 cm³/mol. The van der Waals surface area contributed by atoms with Gasteiger partial charge in [-0.25, -0.2) is 8.42 Å². The molecule has 1 atom stereocenters. The SMILES string of the molecule is COc1ccc(C2c3ccsc3CCN2S(=O)(=O)c2c(C)cc(C)cc2C)cc1. The van der Waals surface area contributed by atoms with Crippen molar-refractivity contribution in [2.75, 3.05) is 13.7 Å². The van der Waals surface area contributed by atoms with Crippen LogP contribution in [-0.4, -0.2) is 26.4 Å². The maximum Gasteiger partial charge on any atom is 0.244 e. The van der Waals surface area contributed by atoms with E-state index in [-0.39, 0.29) is 6.04 Å². The largest absolute Gasteiger partial charge is 0.497 e. The lowest BCUT2D eigenvalue weighted by Crippen LogP contribution is -2.40. The Morgan fingerprint density at radius 2 is 1.69 bits per heavy atom. The van der Waals surface area contributed by atoms with E-state index in [1.54, 1.807) is 22.8 Å². The fourth-order valence-electron chi connectivity index (χ4n) is 4.38. The van der Waals surface area contributed by atoms with Gasteiger partial charge < -0.3 is 4.74 Å². The highest BCUT2D eigenvalue weighted by molar-refractivity contribution is 7.89. The number of hydrogen-bond acceptors (Lipinski definition) is 4. The van der Waals surface area contributed by atoms with Gasteiger partial charge in [0, 0.05) is 11.4 Å². The van der Waals surface area contributed by atoms with E-state index in [2.05, 4.69) is 11.4 Å². The van der Waals surface area contributed by atoms with Crippen molar-refractivity contribution in [3.8, 4) is 5.75 Å². The summed E-state index contributed by atoms with van der Waals surface area (Å²) in [5.74, 6) is 0.759. The van der Waals surface area contributed by atoms with Gasteiger partial charge in [-0.2, -0.15) is 4.31 Å². The van der Waals surface area contributed by atoms with Crippen LogP contribution in [0.25, 0.3) is 0 Å². The Morgan fingerprint density at radius 3 is 2.31 bits per heavy atom. The number of nitrogens with zero attached hydrogens (tertiary/aromatic N) is 1. The van der Waals surface area contributed by atoms with Gasteiger partial charge in [0.1, 0.15) is 5.75 Å². The number of sulfonamides is 1. The van der Waals surface area contributed by atoms with Crippen LogP contribution < -0.4 is 4.74 Å². The van der Waals surface area contributed by atoms with E-state index in [0.717, 1.165) is 40.0 Å². The zero-order valence-corrected chi connectivity index (χ0v) is 18.7. The van der Waals surface area contributed by atoms with E-state index in [0.29, 0.717) is 11.4 Å². The maximum atomic E-state index is 13.9. The first-order chi connectivity index (χ1) is 13.8. The molecule has 6 heteroatoms. The molecule has 0 radical (unpaired) electrons. The second-order valence-corrected chi connectivity index (χ2v) is 10.4. The number of methoxy groups -OCH3 is 1. The summed E-state index contributed by atoms with van der Waals surface area (Å²) in [7, 11) is -2.04. The number of fused-ring (bicyclic) bond motifs is 1. The fourth-order valence-corrected chi connectivity index (χ4v) is 7.29. The molecule has 0 saturated heterocycles. The highest BCUT2D eigenvalue weighted by Gasteiger charge is 2.39. The first kappa shape index (κ1) is 20.1. The Hall–Kier alpha value is -2.15. The van der Waals surface area contributed by atoms with E-state index in [9.17, 15) is 8.42 Å². The van der Waals surface area contributed by atoms with Gasteiger partial charge in [0.25, 0.3) is 0 Å². The van der Waals surface area contributed by atoms with E-state index in [1.807, 2.05) is 57.2 Å². The molecule has 1 unspecified atom stereocenters. The molecule has 3 aromatic rings. The number of thiophene rings is 1. The summed E-state index contributed by atoms with van der Waals surface area (Å²) < 4.78 is 34.7. The molecule has 29 heavy (non-hydrogen) atoms. The Balaban J connectivity index is 1.87. The smallest absolute Gasteiger partial charge is 0.244 e. The van der Waals surface area contributed by atoms with Crippen LogP contribution in [0.2, 0.25) is 0 Å². The van der Waals surface area contributed by atoms with Crippen LogP contribution in [0.15, 0.2) is 52.7 Å². The van der Waals surface area contributed by atoms with Crippen molar-refractivity contribution in [1.82, 2.24) is 4.31 Å². The number of ether oxygens (including phenoxy) is 1. The first-order valence-corrected chi connectivity index (χ1v) is 11.9. The number of rotatable bonds is 4. The summed E-state index contributed by atoms with van der Waals surface area (Å²) in [6.45, 7) is 6.23. The molecule has 0 aliphatic carbocycles. The normalized spacial score (nSPS) is 17.2. The quantitative estimate of drug-likeness (QED) is 0.587. The third-order valence-corrected chi connectivity index (χ3v) is 8.69. The average Bonchev–Trinajstić information content (AvgIpc) is 3.15. The van der Waals surface area contributed by atoms with Crippen LogP contribution in [0.1, 0.15) is 38.7 Å². The van der Waals surface area contributed by atoms with Crippen molar-refractivity contribution < 1.29 is 13.2 Å². The van der Waals surface area contributed by atoms with Gasteiger partial charge in [0.05, 0.1) is 18.0 Å². The summed E-state index contributed by atoms with van der Waals surface area (Å²) in [6, 6.07) is 13.3. The molecular formula is C23H25NO3S2. The fraction of sp³-hybridized carbons (Fsp3) is 0.304. The van der Waals surface area contributed by atoms with Crippen molar-refractivity contribution in [2.24, 2.45) is 0 Å². The van der Waals surface area contributed by atoms with Crippen LogP contribution in [0.5, 0.6) is 5.75 Å². The van der Waals surface area contributed by atoms with E-state index in [1.165, 1.54) is 4.88 Å². The van der Waals surface area contributed by atoms with Gasteiger partial charge in [-0.15, -0.1) is 11.3 Å². The Morgan fingerprint density at radius 1 is 1.03 bits per heavy atom. The molecule has 2 heterocycles. The zero-order valence-electron chi connectivity index (χ0n) is 17.1. The number of benzene rings is 2. The molecule has 152 valence electrons. The minimum Gasteiger partial charge on any atom is -0.497 e. The van der Waals surface area contributed by atoms with Gasteiger partial charge in [-0.1, -0.05) is 29.8 Å². The summed E-state index contributed by atoms with van der Waals surface area (Å²) in [4.78, 5) is 1.69. The molecule has 2 aromatic carbocycles. The van der Waals surface area contributed by atoms with E-state index >= 15 is 0 Å². The standard InChI is InChI=1S/C23H25NO3S2/c1-15-13-16(2)23(17(3)14-15)29(25,26)24-11-9-21-20(10-12-28-21)22(24)18-5-7-19(27-4)8-6-18/h5-8,10,12-14,22H,9,11H2,1-4H3. The molecule has 0 N–H and O–H groups in total. The van der Waals surface area contributed by atoms with E-state index in [4.69, 9.17) is 4.74 Å². The van der Waals surface area contributed by atoms with Crippen molar-refractivity contribution in [3.05, 3.63) is 80.5 Å². The molecule has 1 aliphatic heterocycles. The molecule has 0 amide bonds. The minimum absolute atomic E-state index is 0.332. The third-order valence-electron chi connectivity index (χ3n) is 5.52. The van der Waals surface area contributed by atoms with Crippen LogP contribution in [0.4, 0.5) is 0 Å². The molecule has 0 spiro atoms. The lowest BCUT2D eigenvalue weighted by atomic mass is 9.95. The van der Waals surface area contributed by atoms with E-state index < -0.39 is 10.0 Å². The second-order valence-electron chi connectivity index (χ2n) is 7.57. The Bertz CT molecular complexity index is 1120. The lowest BCUT2D eigenvalue weighted by molar-refractivity contribution is 0.346. The maximum absolute atomic E-state index is 13.9.